The van der Waals surface area contributed by atoms with E-state index in [9.17, 15) is 4.79 Å². The molecule has 6 nitrogen and oxygen atoms in total. The molecular formula is C20H22ClN3O3S. The first-order valence-electron chi connectivity index (χ1n) is 8.80. The summed E-state index contributed by atoms with van der Waals surface area (Å²) in [5.74, 6) is 1.66. The van der Waals surface area contributed by atoms with E-state index in [0.717, 1.165) is 16.6 Å². The molecule has 0 aliphatic rings. The summed E-state index contributed by atoms with van der Waals surface area (Å²) in [6.45, 7) is 3.09. The Morgan fingerprint density at radius 2 is 1.96 bits per heavy atom. The molecule has 0 aliphatic carbocycles. The van der Waals surface area contributed by atoms with Crippen LogP contribution in [0.15, 0.2) is 41.6 Å². The number of nitrogens with one attached hydrogen (secondary N) is 1. The van der Waals surface area contributed by atoms with Crippen LogP contribution in [0.3, 0.4) is 0 Å². The number of rotatable bonds is 8. The molecule has 28 heavy (non-hydrogen) atoms. The van der Waals surface area contributed by atoms with Crippen LogP contribution in [0.25, 0.3) is 11.0 Å². The van der Waals surface area contributed by atoms with Gasteiger partial charge in [-0.05, 0) is 42.8 Å². The van der Waals surface area contributed by atoms with Gasteiger partial charge in [0, 0.05) is 18.1 Å². The lowest BCUT2D eigenvalue weighted by molar-refractivity contribution is -0.128. The summed E-state index contributed by atoms with van der Waals surface area (Å²) in [5, 5.41) is 1.35. The third kappa shape index (κ3) is 4.72. The van der Waals surface area contributed by atoms with Crippen LogP contribution in [-0.4, -0.2) is 47.3 Å². The largest absolute Gasteiger partial charge is 0.493 e. The number of carbonyl (C=O) groups excluding carboxylic acids is 1. The van der Waals surface area contributed by atoms with Crippen LogP contribution in [0.1, 0.15) is 12.5 Å². The third-order valence-corrected chi connectivity index (χ3v) is 5.40. The number of benzene rings is 2. The number of halogens is 1. The van der Waals surface area contributed by atoms with E-state index in [0.29, 0.717) is 40.5 Å². The summed E-state index contributed by atoms with van der Waals surface area (Å²) in [5.41, 5.74) is 2.67. The van der Waals surface area contributed by atoms with E-state index in [1.165, 1.54) is 11.8 Å². The van der Waals surface area contributed by atoms with Gasteiger partial charge in [-0.2, -0.15) is 0 Å². The number of hydrogen-bond donors (Lipinski definition) is 1. The smallest absolute Gasteiger partial charge is 0.233 e. The van der Waals surface area contributed by atoms with Gasteiger partial charge in [-0.3, -0.25) is 4.79 Å². The molecule has 0 radical (unpaired) electrons. The Hall–Kier alpha value is -2.38. The van der Waals surface area contributed by atoms with Crippen molar-refractivity contribution in [1.29, 1.82) is 0 Å². The number of H-pyrrole nitrogens is 1. The first-order chi connectivity index (χ1) is 13.5. The molecule has 0 fully saturated rings. The number of thioether (sulfide) groups is 1. The minimum Gasteiger partial charge on any atom is -0.493 e. The van der Waals surface area contributed by atoms with Crippen molar-refractivity contribution in [3.05, 3.63) is 47.0 Å². The number of carbonyl (C=O) groups is 1. The van der Waals surface area contributed by atoms with Crippen molar-refractivity contribution in [2.24, 2.45) is 0 Å². The van der Waals surface area contributed by atoms with Gasteiger partial charge in [0.1, 0.15) is 0 Å². The molecule has 1 heterocycles. The Bertz CT molecular complexity index is 976. The minimum absolute atomic E-state index is 0.0424. The zero-order valence-corrected chi connectivity index (χ0v) is 17.6. The second-order valence-corrected chi connectivity index (χ2v) is 7.49. The van der Waals surface area contributed by atoms with Gasteiger partial charge < -0.3 is 19.4 Å². The van der Waals surface area contributed by atoms with Gasteiger partial charge in [0.25, 0.3) is 0 Å². The van der Waals surface area contributed by atoms with E-state index < -0.39 is 0 Å². The molecule has 3 rings (SSSR count). The van der Waals surface area contributed by atoms with Gasteiger partial charge in [-0.1, -0.05) is 29.4 Å². The Morgan fingerprint density at radius 1 is 1.18 bits per heavy atom. The summed E-state index contributed by atoms with van der Waals surface area (Å²) >= 11 is 7.38. The lowest BCUT2D eigenvalue weighted by Gasteiger charge is -2.21. The maximum atomic E-state index is 12.7. The molecule has 3 aromatic rings. The third-order valence-electron chi connectivity index (χ3n) is 4.31. The van der Waals surface area contributed by atoms with Crippen LogP contribution in [0, 0.1) is 0 Å². The van der Waals surface area contributed by atoms with Crippen molar-refractivity contribution in [3.63, 3.8) is 0 Å². The van der Waals surface area contributed by atoms with Crippen LogP contribution in [0.4, 0.5) is 0 Å². The first-order valence-corrected chi connectivity index (χ1v) is 10.2. The van der Waals surface area contributed by atoms with Gasteiger partial charge in [0.2, 0.25) is 5.91 Å². The number of imidazole rings is 1. The number of aromatic amines is 1. The zero-order chi connectivity index (χ0) is 20.1. The Balaban J connectivity index is 1.64. The lowest BCUT2D eigenvalue weighted by atomic mass is 10.2. The molecule has 0 spiro atoms. The molecule has 8 heteroatoms. The molecule has 1 amide bonds. The average molecular weight is 420 g/mol. The average Bonchev–Trinajstić information content (AvgIpc) is 3.11. The van der Waals surface area contributed by atoms with Crippen molar-refractivity contribution >= 4 is 40.3 Å². The SMILES string of the molecule is CCN(Cc1ccc(OC)c(OC)c1)C(=O)CSc1nc2ccc(Cl)cc2[nH]1. The van der Waals surface area contributed by atoms with E-state index in [1.54, 1.807) is 25.2 Å². The Kier molecular flexibility index (Phi) is 6.70. The fourth-order valence-electron chi connectivity index (χ4n) is 2.82. The normalized spacial score (nSPS) is 10.9. The second-order valence-electron chi connectivity index (χ2n) is 6.09. The number of ether oxygens (including phenoxy) is 2. The van der Waals surface area contributed by atoms with Crippen LogP contribution in [0.5, 0.6) is 11.5 Å². The number of amides is 1. The maximum Gasteiger partial charge on any atom is 0.233 e. The molecule has 0 unspecified atom stereocenters. The van der Waals surface area contributed by atoms with Gasteiger partial charge in [0.05, 0.1) is 31.0 Å². The lowest BCUT2D eigenvalue weighted by Crippen LogP contribution is -2.31. The number of methoxy groups -OCH3 is 2. The second kappa shape index (κ2) is 9.21. The molecule has 0 bridgehead atoms. The molecule has 0 saturated carbocycles. The van der Waals surface area contributed by atoms with Crippen molar-refractivity contribution in [3.8, 4) is 11.5 Å². The molecular weight excluding hydrogens is 398 g/mol. The summed E-state index contributed by atoms with van der Waals surface area (Å²) in [6, 6.07) is 11.2. The van der Waals surface area contributed by atoms with E-state index in [4.69, 9.17) is 21.1 Å². The summed E-state index contributed by atoms with van der Waals surface area (Å²) < 4.78 is 10.6. The number of fused-ring (bicyclic) bond motifs is 1. The van der Waals surface area contributed by atoms with Crippen molar-refractivity contribution in [1.82, 2.24) is 14.9 Å². The standard InChI is InChI=1S/C20H22ClN3O3S/c1-4-24(11-13-5-8-17(26-2)18(9-13)27-3)19(25)12-28-20-22-15-7-6-14(21)10-16(15)23-20/h5-10H,4,11-12H2,1-3H3,(H,22,23). The predicted octanol–water partition coefficient (Wildman–Crippen LogP) is 4.37. The molecule has 0 aliphatic heterocycles. The molecule has 2 aromatic carbocycles. The number of aromatic nitrogens is 2. The quantitative estimate of drug-likeness (QED) is 0.549. The van der Waals surface area contributed by atoms with Gasteiger partial charge in [-0.25, -0.2) is 4.98 Å². The van der Waals surface area contributed by atoms with Gasteiger partial charge in [-0.15, -0.1) is 0 Å². The highest BCUT2D eigenvalue weighted by Gasteiger charge is 2.15. The molecule has 1 aromatic heterocycles. The predicted molar refractivity (Wildman–Crippen MR) is 112 cm³/mol. The Morgan fingerprint density at radius 3 is 2.68 bits per heavy atom. The summed E-state index contributed by atoms with van der Waals surface area (Å²) in [6.07, 6.45) is 0. The summed E-state index contributed by atoms with van der Waals surface area (Å²) in [4.78, 5) is 22.2. The molecule has 1 N–H and O–H groups in total. The van der Waals surface area contributed by atoms with E-state index in [-0.39, 0.29) is 5.91 Å². The number of hydrogen-bond acceptors (Lipinski definition) is 5. The van der Waals surface area contributed by atoms with Gasteiger partial charge in [0.15, 0.2) is 16.7 Å². The maximum absolute atomic E-state index is 12.7. The highest BCUT2D eigenvalue weighted by molar-refractivity contribution is 7.99. The fraction of sp³-hybridized carbons (Fsp3) is 0.300. The topological polar surface area (TPSA) is 67.5 Å². The zero-order valence-electron chi connectivity index (χ0n) is 16.0. The first kappa shape index (κ1) is 20.4. The number of nitrogens with zero attached hydrogens (tertiary/aromatic N) is 2. The van der Waals surface area contributed by atoms with Crippen molar-refractivity contribution in [2.75, 3.05) is 26.5 Å². The van der Waals surface area contributed by atoms with Crippen LogP contribution >= 0.6 is 23.4 Å². The van der Waals surface area contributed by atoms with E-state index in [1.807, 2.05) is 37.3 Å². The monoisotopic (exact) mass is 419 g/mol. The van der Waals surface area contributed by atoms with Crippen LogP contribution in [0.2, 0.25) is 5.02 Å². The van der Waals surface area contributed by atoms with Crippen LogP contribution < -0.4 is 9.47 Å². The molecule has 0 atom stereocenters. The highest BCUT2D eigenvalue weighted by atomic mass is 35.5. The minimum atomic E-state index is 0.0424. The van der Waals surface area contributed by atoms with E-state index in [2.05, 4.69) is 9.97 Å². The molecule has 0 saturated heterocycles. The highest BCUT2D eigenvalue weighted by Crippen LogP contribution is 2.28. The van der Waals surface area contributed by atoms with E-state index >= 15 is 0 Å². The summed E-state index contributed by atoms with van der Waals surface area (Å²) in [7, 11) is 3.20. The van der Waals surface area contributed by atoms with Crippen LogP contribution in [-0.2, 0) is 11.3 Å². The van der Waals surface area contributed by atoms with Crippen molar-refractivity contribution < 1.29 is 14.3 Å². The Labute approximate surface area is 173 Å². The van der Waals surface area contributed by atoms with Gasteiger partial charge >= 0.3 is 0 Å². The fourth-order valence-corrected chi connectivity index (χ4v) is 3.78. The van der Waals surface area contributed by atoms with Crippen molar-refractivity contribution in [2.45, 2.75) is 18.6 Å². The molecule has 148 valence electrons.